The van der Waals surface area contributed by atoms with E-state index in [1.807, 2.05) is 0 Å². The first-order valence-electron chi connectivity index (χ1n) is 5.93. The van der Waals surface area contributed by atoms with Crippen LogP contribution >= 0.6 is 0 Å². The minimum atomic E-state index is 0.426. The van der Waals surface area contributed by atoms with Gasteiger partial charge in [-0.1, -0.05) is 0 Å². The lowest BCUT2D eigenvalue weighted by Gasteiger charge is -2.25. The second-order valence-electron chi connectivity index (χ2n) is 5.21. The maximum Gasteiger partial charge on any atom is 0.149 e. The summed E-state index contributed by atoms with van der Waals surface area (Å²) in [6, 6.07) is 0.526. The van der Waals surface area contributed by atoms with E-state index in [1.165, 1.54) is 12.8 Å². The van der Waals surface area contributed by atoms with Gasteiger partial charge in [-0.15, -0.1) is 0 Å². The lowest BCUT2D eigenvalue weighted by Crippen LogP contribution is -2.37. The number of Topliss-reactive ketones (excluding diaryl/α,β-unsaturated/α-hetero) is 1. The van der Waals surface area contributed by atoms with Gasteiger partial charge in [0.1, 0.15) is 5.78 Å². The topological polar surface area (TPSA) is 20.3 Å². The van der Waals surface area contributed by atoms with Crippen molar-refractivity contribution in [1.82, 2.24) is 4.90 Å². The molecule has 0 N–H and O–H groups in total. The smallest absolute Gasteiger partial charge is 0.149 e. The summed E-state index contributed by atoms with van der Waals surface area (Å²) in [5.74, 6) is 1.80. The van der Waals surface area contributed by atoms with E-state index in [0.717, 1.165) is 25.3 Å². The first-order valence-corrected chi connectivity index (χ1v) is 5.93. The molecule has 0 spiro atoms. The fourth-order valence-corrected chi connectivity index (χ4v) is 1.82. The lowest BCUT2D eigenvalue weighted by atomic mass is 10.2. The number of nitrogens with zero attached hydrogens (tertiary/aromatic N) is 1. The average molecular weight is 195 g/mol. The molecule has 0 aromatic carbocycles. The zero-order valence-corrected chi connectivity index (χ0v) is 9.33. The highest BCUT2D eigenvalue weighted by molar-refractivity contribution is 5.85. The maximum atomic E-state index is 11.7. The van der Waals surface area contributed by atoms with Crippen LogP contribution in [0.1, 0.15) is 39.5 Å². The highest BCUT2D eigenvalue weighted by atomic mass is 16.1. The molecule has 2 fully saturated rings. The van der Waals surface area contributed by atoms with E-state index < -0.39 is 0 Å². The Balaban J connectivity index is 1.78. The van der Waals surface area contributed by atoms with Gasteiger partial charge in [0.05, 0.1) is 6.54 Å². The Kier molecular flexibility index (Phi) is 2.91. The van der Waals surface area contributed by atoms with Gasteiger partial charge in [0.2, 0.25) is 0 Å². The van der Waals surface area contributed by atoms with Crippen LogP contribution in [0.2, 0.25) is 0 Å². The number of hydrogen-bond donors (Lipinski definition) is 0. The number of hydrogen-bond acceptors (Lipinski definition) is 2. The fraction of sp³-hybridized carbons (Fsp3) is 0.917. The molecule has 14 heavy (non-hydrogen) atoms. The number of carbonyl (C=O) groups is 1. The second-order valence-corrected chi connectivity index (χ2v) is 5.21. The highest BCUT2D eigenvalue weighted by Crippen LogP contribution is 2.32. The Hall–Kier alpha value is -0.370. The Morgan fingerprint density at radius 3 is 2.36 bits per heavy atom. The predicted octanol–water partition coefficient (Wildman–Crippen LogP) is 2.09. The van der Waals surface area contributed by atoms with Gasteiger partial charge in [0.25, 0.3) is 0 Å². The first kappa shape index (κ1) is 10.2. The largest absolute Gasteiger partial charge is 0.298 e. The van der Waals surface area contributed by atoms with Crippen molar-refractivity contribution in [2.24, 2.45) is 11.8 Å². The van der Waals surface area contributed by atoms with Gasteiger partial charge < -0.3 is 0 Å². The molecule has 0 aromatic heterocycles. The quantitative estimate of drug-likeness (QED) is 0.647. The Labute approximate surface area is 86.7 Å². The molecule has 0 saturated heterocycles. The molecule has 0 unspecified atom stereocenters. The Bertz CT molecular complexity index is 216. The molecule has 0 bridgehead atoms. The van der Waals surface area contributed by atoms with Crippen LogP contribution in [-0.4, -0.2) is 29.8 Å². The molecule has 0 heterocycles. The molecule has 0 atom stereocenters. The molecular weight excluding hydrogens is 174 g/mol. The zero-order chi connectivity index (χ0) is 10.1. The molecule has 2 heteroatoms. The Morgan fingerprint density at radius 2 is 1.93 bits per heavy atom. The summed E-state index contributed by atoms with van der Waals surface area (Å²) in [4.78, 5) is 14.0. The maximum absolute atomic E-state index is 11.7. The van der Waals surface area contributed by atoms with Crippen molar-refractivity contribution in [3.8, 4) is 0 Å². The van der Waals surface area contributed by atoms with E-state index in [2.05, 4.69) is 18.7 Å². The monoisotopic (exact) mass is 195 g/mol. The minimum absolute atomic E-state index is 0.426. The summed E-state index contributed by atoms with van der Waals surface area (Å²) >= 11 is 0. The third-order valence-corrected chi connectivity index (χ3v) is 3.31. The molecule has 2 rings (SSSR count). The van der Waals surface area contributed by atoms with Gasteiger partial charge in [0.15, 0.2) is 0 Å². The van der Waals surface area contributed by atoms with Gasteiger partial charge in [-0.05, 0) is 45.4 Å². The van der Waals surface area contributed by atoms with Gasteiger partial charge in [0, 0.05) is 18.5 Å². The predicted molar refractivity (Wildman–Crippen MR) is 57.2 cm³/mol. The molecule has 2 aliphatic rings. The van der Waals surface area contributed by atoms with Crippen LogP contribution in [-0.2, 0) is 4.79 Å². The fourth-order valence-electron chi connectivity index (χ4n) is 1.82. The molecule has 2 aliphatic carbocycles. The van der Waals surface area contributed by atoms with E-state index in [4.69, 9.17) is 0 Å². The zero-order valence-electron chi connectivity index (χ0n) is 9.33. The summed E-state index contributed by atoms with van der Waals surface area (Å²) in [5, 5.41) is 0. The molecule has 2 nitrogen and oxygen atoms in total. The molecule has 0 aromatic rings. The molecule has 2 saturated carbocycles. The highest BCUT2D eigenvalue weighted by Gasteiger charge is 2.32. The summed E-state index contributed by atoms with van der Waals surface area (Å²) in [5.41, 5.74) is 0. The van der Waals surface area contributed by atoms with Crippen molar-refractivity contribution >= 4 is 5.78 Å². The summed E-state index contributed by atoms with van der Waals surface area (Å²) in [7, 11) is 0. The van der Waals surface area contributed by atoms with Crippen molar-refractivity contribution in [3.63, 3.8) is 0 Å². The van der Waals surface area contributed by atoms with E-state index in [0.29, 0.717) is 24.3 Å². The van der Waals surface area contributed by atoms with Crippen molar-refractivity contribution in [1.29, 1.82) is 0 Å². The van der Waals surface area contributed by atoms with Crippen molar-refractivity contribution in [2.75, 3.05) is 13.1 Å². The molecule has 0 aliphatic heterocycles. The third kappa shape index (κ3) is 2.81. The van der Waals surface area contributed by atoms with Gasteiger partial charge in [-0.25, -0.2) is 0 Å². The van der Waals surface area contributed by atoms with Gasteiger partial charge >= 0.3 is 0 Å². The Morgan fingerprint density at radius 1 is 1.29 bits per heavy atom. The number of ketones is 1. The normalized spacial score (nSPS) is 22.0. The van der Waals surface area contributed by atoms with Crippen LogP contribution in [0.3, 0.4) is 0 Å². The molecular formula is C12H21NO. The minimum Gasteiger partial charge on any atom is -0.298 e. The van der Waals surface area contributed by atoms with Crippen LogP contribution in [0, 0.1) is 11.8 Å². The average Bonchev–Trinajstić information content (AvgIpc) is 2.98. The van der Waals surface area contributed by atoms with Crippen LogP contribution in [0.15, 0.2) is 0 Å². The number of carbonyl (C=O) groups excluding carboxylic acids is 1. The lowest BCUT2D eigenvalue weighted by molar-refractivity contribution is -0.121. The van der Waals surface area contributed by atoms with Crippen LogP contribution < -0.4 is 0 Å². The van der Waals surface area contributed by atoms with E-state index in [1.54, 1.807) is 0 Å². The standard InChI is InChI=1S/C12H21NO/c1-9(2)13(7-10-3-4-10)8-12(14)11-5-6-11/h9-11H,3-8H2,1-2H3. The van der Waals surface area contributed by atoms with Crippen molar-refractivity contribution < 1.29 is 4.79 Å². The number of rotatable bonds is 6. The molecule has 80 valence electrons. The van der Waals surface area contributed by atoms with Crippen LogP contribution in [0.5, 0.6) is 0 Å². The SMILES string of the molecule is CC(C)N(CC(=O)C1CC1)CC1CC1. The van der Waals surface area contributed by atoms with Crippen LogP contribution in [0.4, 0.5) is 0 Å². The van der Waals surface area contributed by atoms with Gasteiger partial charge in [-0.2, -0.15) is 0 Å². The summed E-state index contributed by atoms with van der Waals surface area (Å²) < 4.78 is 0. The molecule has 0 amide bonds. The van der Waals surface area contributed by atoms with Crippen molar-refractivity contribution in [2.45, 2.75) is 45.6 Å². The van der Waals surface area contributed by atoms with E-state index in [-0.39, 0.29) is 0 Å². The van der Waals surface area contributed by atoms with E-state index in [9.17, 15) is 4.79 Å². The summed E-state index contributed by atoms with van der Waals surface area (Å²) in [6.07, 6.45) is 5.05. The molecule has 0 radical (unpaired) electrons. The van der Waals surface area contributed by atoms with Gasteiger partial charge in [-0.3, -0.25) is 9.69 Å². The summed E-state index contributed by atoms with van der Waals surface area (Å²) in [6.45, 7) is 6.25. The van der Waals surface area contributed by atoms with Crippen molar-refractivity contribution in [3.05, 3.63) is 0 Å². The second kappa shape index (κ2) is 4.01. The van der Waals surface area contributed by atoms with E-state index >= 15 is 0 Å². The van der Waals surface area contributed by atoms with Crippen LogP contribution in [0.25, 0.3) is 0 Å². The third-order valence-electron chi connectivity index (χ3n) is 3.31. The first-order chi connectivity index (χ1) is 6.66.